The number of ether oxygens (including phenoxy) is 2. The highest BCUT2D eigenvalue weighted by molar-refractivity contribution is 5.76. The van der Waals surface area contributed by atoms with Crippen LogP contribution in [0.25, 0.3) is 0 Å². The van der Waals surface area contributed by atoms with Gasteiger partial charge in [0, 0.05) is 51.9 Å². The van der Waals surface area contributed by atoms with Gasteiger partial charge < -0.3 is 24.6 Å². The molecule has 9 nitrogen and oxygen atoms in total. The van der Waals surface area contributed by atoms with Gasteiger partial charge in [-0.15, -0.1) is 0 Å². The summed E-state index contributed by atoms with van der Waals surface area (Å²) in [4.78, 5) is 57.2. The average molecular weight is 1220 g/mol. The summed E-state index contributed by atoms with van der Waals surface area (Å²) in [6.45, 7) is 19.9. The maximum atomic E-state index is 13.7. The van der Waals surface area contributed by atoms with E-state index in [2.05, 4.69) is 56.7 Å². The normalized spacial score (nSPS) is 12.2. The molecule has 2 atom stereocenters. The standard InChI is InChI=1S/C77H151N3O6/c1-7-13-19-24-27-29-30-31-32-33-34-36-42-53-67-80(75(82)61-49-50-63-77(84)86-71-73(58-45-23-17-11-5)59-46-38-26-21-15-9-3)69-55-65-78-64-51-40-37-39-47-60-74(81)79(66-52-41-35-28-25-20-14-8-2)68-54-43-48-62-76(83)85-70-72(56-18-12-6)57-44-22-16-10-4/h72-73,78H,7-71H2,1-6H3. The quantitative estimate of drug-likeness (QED) is 0.0478. The molecule has 9 heteroatoms. The van der Waals surface area contributed by atoms with Crippen molar-refractivity contribution in [2.45, 2.75) is 408 Å². The number of hydrogen-bond donors (Lipinski definition) is 1. The van der Waals surface area contributed by atoms with Crippen LogP contribution in [-0.2, 0) is 28.7 Å². The molecule has 2 amide bonds. The predicted octanol–water partition coefficient (Wildman–Crippen LogP) is 22.9. The summed E-state index contributed by atoms with van der Waals surface area (Å²) in [7, 11) is 0. The van der Waals surface area contributed by atoms with Crippen molar-refractivity contribution in [2.24, 2.45) is 11.8 Å². The zero-order valence-electron chi connectivity index (χ0n) is 59.0. The van der Waals surface area contributed by atoms with E-state index in [1.54, 1.807) is 0 Å². The topological polar surface area (TPSA) is 105 Å². The number of amides is 2. The zero-order valence-corrected chi connectivity index (χ0v) is 59.0. The molecule has 0 saturated carbocycles. The highest BCUT2D eigenvalue weighted by Crippen LogP contribution is 2.22. The number of unbranched alkanes of at least 4 members (excludes halogenated alkanes) is 39. The van der Waals surface area contributed by atoms with Gasteiger partial charge in [-0.3, -0.25) is 19.2 Å². The molecule has 0 aromatic rings. The number of nitrogens with one attached hydrogen (secondary N) is 1. The van der Waals surface area contributed by atoms with E-state index in [0.29, 0.717) is 63.1 Å². The van der Waals surface area contributed by atoms with Crippen LogP contribution in [0.5, 0.6) is 0 Å². The number of hydrogen-bond acceptors (Lipinski definition) is 7. The first-order chi connectivity index (χ1) is 42.3. The van der Waals surface area contributed by atoms with Crippen LogP contribution in [0.1, 0.15) is 408 Å². The van der Waals surface area contributed by atoms with Crippen LogP contribution in [-0.4, -0.2) is 86.0 Å². The monoisotopic (exact) mass is 1210 g/mol. The van der Waals surface area contributed by atoms with Gasteiger partial charge in [-0.25, -0.2) is 0 Å². The lowest BCUT2D eigenvalue weighted by molar-refractivity contribution is -0.146. The van der Waals surface area contributed by atoms with Gasteiger partial charge in [0.05, 0.1) is 13.2 Å². The molecule has 0 bridgehead atoms. The van der Waals surface area contributed by atoms with Crippen LogP contribution in [0.3, 0.4) is 0 Å². The summed E-state index contributed by atoms with van der Waals surface area (Å²) in [5.41, 5.74) is 0. The third-order valence-corrected chi connectivity index (χ3v) is 18.4. The molecule has 0 aromatic carbocycles. The van der Waals surface area contributed by atoms with Gasteiger partial charge >= 0.3 is 11.9 Å². The summed E-state index contributed by atoms with van der Waals surface area (Å²) in [6.07, 6.45) is 66.4. The molecule has 0 fully saturated rings. The van der Waals surface area contributed by atoms with Crippen molar-refractivity contribution >= 4 is 23.8 Å². The number of rotatable bonds is 71. The Morgan fingerprint density at radius 2 is 0.512 bits per heavy atom. The SMILES string of the molecule is CCCCCCCCCCCCCCCCN(CCCNCCCCCCCC(=O)N(CCCCCCCCCC)CCCCCC(=O)OCC(CCCC)CCCCCC)C(=O)CCCCC(=O)OCC(CCCCCC)CCCCCCCC. The Bertz CT molecular complexity index is 1430. The third kappa shape index (κ3) is 59.5. The van der Waals surface area contributed by atoms with Gasteiger partial charge in [-0.05, 0) is 108 Å². The van der Waals surface area contributed by atoms with Crippen molar-refractivity contribution in [2.75, 3.05) is 52.5 Å². The summed E-state index contributed by atoms with van der Waals surface area (Å²) >= 11 is 0. The summed E-state index contributed by atoms with van der Waals surface area (Å²) in [6, 6.07) is 0. The Labute approximate surface area is 536 Å². The van der Waals surface area contributed by atoms with E-state index in [1.807, 2.05) is 0 Å². The molecule has 0 spiro atoms. The fraction of sp³-hybridized carbons (Fsp3) is 0.948. The fourth-order valence-corrected chi connectivity index (χ4v) is 12.5. The molecule has 510 valence electrons. The fourth-order valence-electron chi connectivity index (χ4n) is 12.5. The van der Waals surface area contributed by atoms with E-state index in [4.69, 9.17) is 9.47 Å². The van der Waals surface area contributed by atoms with Crippen molar-refractivity contribution in [3.8, 4) is 0 Å². The number of carbonyl (C=O) groups excluding carboxylic acids is 4. The molecule has 1 N–H and O–H groups in total. The summed E-state index contributed by atoms with van der Waals surface area (Å²) in [5, 5.41) is 3.67. The lowest BCUT2D eigenvalue weighted by Gasteiger charge is -2.23. The third-order valence-electron chi connectivity index (χ3n) is 18.4. The smallest absolute Gasteiger partial charge is 0.305 e. The molecule has 0 heterocycles. The Hall–Kier alpha value is -2.16. The lowest BCUT2D eigenvalue weighted by Crippen LogP contribution is -2.34. The van der Waals surface area contributed by atoms with Gasteiger partial charge in [-0.2, -0.15) is 0 Å². The largest absolute Gasteiger partial charge is 0.465 e. The van der Waals surface area contributed by atoms with E-state index >= 15 is 0 Å². The molecule has 0 aromatic heterocycles. The molecule has 0 radical (unpaired) electrons. The molecular formula is C77H151N3O6. The van der Waals surface area contributed by atoms with Crippen LogP contribution < -0.4 is 5.32 Å². The lowest BCUT2D eigenvalue weighted by atomic mass is 9.95. The maximum absolute atomic E-state index is 13.7. The van der Waals surface area contributed by atoms with E-state index in [9.17, 15) is 19.2 Å². The van der Waals surface area contributed by atoms with Crippen molar-refractivity contribution in [3.05, 3.63) is 0 Å². The average Bonchev–Trinajstić information content (AvgIpc) is 3.60. The Morgan fingerprint density at radius 3 is 0.895 bits per heavy atom. The second kappa shape index (κ2) is 68.7. The van der Waals surface area contributed by atoms with Crippen LogP contribution in [0, 0.1) is 11.8 Å². The first-order valence-corrected chi connectivity index (χ1v) is 38.8. The van der Waals surface area contributed by atoms with E-state index < -0.39 is 0 Å². The highest BCUT2D eigenvalue weighted by atomic mass is 16.5. The predicted molar refractivity (Wildman–Crippen MR) is 372 cm³/mol. The van der Waals surface area contributed by atoms with Gasteiger partial charge in [0.2, 0.25) is 11.8 Å². The zero-order chi connectivity index (χ0) is 62.7. The first-order valence-electron chi connectivity index (χ1n) is 38.8. The minimum absolute atomic E-state index is 0.0481. The maximum Gasteiger partial charge on any atom is 0.305 e. The van der Waals surface area contributed by atoms with Crippen molar-refractivity contribution in [3.63, 3.8) is 0 Å². The van der Waals surface area contributed by atoms with Crippen molar-refractivity contribution < 1.29 is 28.7 Å². The van der Waals surface area contributed by atoms with E-state index in [-0.39, 0.29) is 17.8 Å². The molecule has 2 unspecified atom stereocenters. The van der Waals surface area contributed by atoms with E-state index in [1.165, 1.54) is 250 Å². The molecule has 0 rings (SSSR count). The Kier molecular flexibility index (Phi) is 67.0. The van der Waals surface area contributed by atoms with Crippen LogP contribution in [0.15, 0.2) is 0 Å². The second-order valence-electron chi connectivity index (χ2n) is 27.0. The first kappa shape index (κ1) is 83.8. The van der Waals surface area contributed by atoms with E-state index in [0.717, 1.165) is 123 Å². The van der Waals surface area contributed by atoms with Crippen LogP contribution in [0.2, 0.25) is 0 Å². The number of esters is 2. The van der Waals surface area contributed by atoms with Crippen molar-refractivity contribution in [1.29, 1.82) is 0 Å². The second-order valence-corrected chi connectivity index (χ2v) is 27.0. The van der Waals surface area contributed by atoms with Gasteiger partial charge in [0.1, 0.15) is 0 Å². The van der Waals surface area contributed by atoms with Gasteiger partial charge in [0.25, 0.3) is 0 Å². The van der Waals surface area contributed by atoms with Crippen LogP contribution in [0.4, 0.5) is 0 Å². The highest BCUT2D eigenvalue weighted by Gasteiger charge is 2.18. The summed E-state index contributed by atoms with van der Waals surface area (Å²) in [5.74, 6) is 1.40. The molecule has 0 saturated heterocycles. The minimum atomic E-state index is -0.0878. The van der Waals surface area contributed by atoms with Crippen LogP contribution >= 0.6 is 0 Å². The number of nitrogens with zero attached hydrogens (tertiary/aromatic N) is 2. The minimum Gasteiger partial charge on any atom is -0.465 e. The Morgan fingerprint density at radius 1 is 0.267 bits per heavy atom. The van der Waals surface area contributed by atoms with Crippen molar-refractivity contribution in [1.82, 2.24) is 15.1 Å². The molecule has 86 heavy (non-hydrogen) atoms. The molecular weight excluding hydrogens is 1060 g/mol. The molecule has 0 aliphatic rings. The molecule has 0 aliphatic carbocycles. The molecule has 0 aliphatic heterocycles. The Balaban J connectivity index is 4.92. The van der Waals surface area contributed by atoms with Gasteiger partial charge in [0.15, 0.2) is 0 Å². The van der Waals surface area contributed by atoms with Gasteiger partial charge in [-0.1, -0.05) is 298 Å². The summed E-state index contributed by atoms with van der Waals surface area (Å²) < 4.78 is 11.7. The number of carbonyl (C=O) groups is 4.